The van der Waals surface area contributed by atoms with E-state index in [0.717, 1.165) is 5.56 Å². The topological polar surface area (TPSA) is 78.9 Å². The zero-order valence-corrected chi connectivity index (χ0v) is 16.2. The summed E-state index contributed by atoms with van der Waals surface area (Å²) in [6, 6.07) is 16.3. The molecule has 0 aliphatic heterocycles. The SMILES string of the molecule is COc1cccc(NC(=O)CN(C)C(=O)CSCC(O)c2ccccc2)c1. The summed E-state index contributed by atoms with van der Waals surface area (Å²) in [4.78, 5) is 25.6. The van der Waals surface area contributed by atoms with E-state index in [9.17, 15) is 14.7 Å². The van der Waals surface area contributed by atoms with E-state index >= 15 is 0 Å². The minimum Gasteiger partial charge on any atom is -0.497 e. The highest BCUT2D eigenvalue weighted by Crippen LogP contribution is 2.18. The Morgan fingerprint density at radius 2 is 1.93 bits per heavy atom. The summed E-state index contributed by atoms with van der Waals surface area (Å²) in [5, 5.41) is 12.8. The van der Waals surface area contributed by atoms with Gasteiger partial charge in [-0.2, -0.15) is 0 Å². The van der Waals surface area contributed by atoms with Gasteiger partial charge < -0.3 is 20.1 Å². The Labute approximate surface area is 163 Å². The number of aliphatic hydroxyl groups excluding tert-OH is 1. The second-order valence-corrected chi connectivity index (χ2v) is 7.00. The molecule has 2 amide bonds. The maximum Gasteiger partial charge on any atom is 0.243 e. The third-order valence-corrected chi connectivity index (χ3v) is 4.85. The maximum absolute atomic E-state index is 12.2. The number of amides is 2. The van der Waals surface area contributed by atoms with Crippen molar-refractivity contribution in [2.75, 3.05) is 37.5 Å². The number of benzene rings is 2. The van der Waals surface area contributed by atoms with E-state index in [4.69, 9.17) is 4.74 Å². The normalized spacial score (nSPS) is 11.5. The standard InChI is InChI=1S/C20H24N2O4S/c1-22(12-19(24)21-16-9-6-10-17(11-16)26-2)20(25)14-27-13-18(23)15-7-4-3-5-8-15/h3-11,18,23H,12-14H2,1-2H3,(H,21,24). The van der Waals surface area contributed by atoms with Crippen LogP contribution in [0.4, 0.5) is 5.69 Å². The number of carbonyl (C=O) groups excluding carboxylic acids is 2. The first-order chi connectivity index (χ1) is 13.0. The van der Waals surface area contributed by atoms with Crippen molar-refractivity contribution < 1.29 is 19.4 Å². The molecule has 2 rings (SSSR count). The Morgan fingerprint density at radius 1 is 1.19 bits per heavy atom. The average molecular weight is 388 g/mol. The number of likely N-dealkylation sites (N-methyl/N-ethyl adjacent to an activating group) is 1. The molecular formula is C20H24N2O4S. The van der Waals surface area contributed by atoms with Crippen LogP contribution in [0.25, 0.3) is 0 Å². The van der Waals surface area contributed by atoms with Gasteiger partial charge in [0.15, 0.2) is 0 Å². The van der Waals surface area contributed by atoms with E-state index in [-0.39, 0.29) is 24.1 Å². The van der Waals surface area contributed by atoms with Crippen LogP contribution in [0, 0.1) is 0 Å². The third-order valence-electron chi connectivity index (χ3n) is 3.85. The zero-order valence-electron chi connectivity index (χ0n) is 15.4. The Balaban J connectivity index is 1.73. The average Bonchev–Trinajstić information content (AvgIpc) is 2.68. The number of carbonyl (C=O) groups is 2. The van der Waals surface area contributed by atoms with Gasteiger partial charge in [-0.1, -0.05) is 36.4 Å². The molecule has 144 valence electrons. The number of aliphatic hydroxyl groups is 1. The fourth-order valence-electron chi connectivity index (χ4n) is 2.34. The van der Waals surface area contributed by atoms with Crippen molar-refractivity contribution in [3.05, 3.63) is 60.2 Å². The lowest BCUT2D eigenvalue weighted by atomic mass is 10.1. The predicted octanol–water partition coefficient (Wildman–Crippen LogP) is 2.56. The number of methoxy groups -OCH3 is 1. The van der Waals surface area contributed by atoms with E-state index < -0.39 is 6.10 Å². The number of rotatable bonds is 9. The molecule has 0 heterocycles. The fourth-order valence-corrected chi connectivity index (χ4v) is 3.27. The molecule has 7 heteroatoms. The number of hydrogen-bond acceptors (Lipinski definition) is 5. The van der Waals surface area contributed by atoms with Crippen LogP contribution in [0.15, 0.2) is 54.6 Å². The van der Waals surface area contributed by atoms with Gasteiger partial charge in [-0.3, -0.25) is 9.59 Å². The van der Waals surface area contributed by atoms with Gasteiger partial charge in [-0.05, 0) is 17.7 Å². The van der Waals surface area contributed by atoms with Gasteiger partial charge in [-0.15, -0.1) is 11.8 Å². The number of hydrogen-bond donors (Lipinski definition) is 2. The largest absolute Gasteiger partial charge is 0.497 e. The van der Waals surface area contributed by atoms with Gasteiger partial charge in [0.05, 0.1) is 25.5 Å². The van der Waals surface area contributed by atoms with Gasteiger partial charge >= 0.3 is 0 Å². The highest BCUT2D eigenvalue weighted by atomic mass is 32.2. The van der Waals surface area contributed by atoms with Crippen molar-refractivity contribution in [3.63, 3.8) is 0 Å². The Kier molecular flexibility index (Phi) is 8.16. The van der Waals surface area contributed by atoms with E-state index in [1.54, 1.807) is 38.4 Å². The fraction of sp³-hybridized carbons (Fsp3) is 0.300. The van der Waals surface area contributed by atoms with Gasteiger partial charge in [0.25, 0.3) is 0 Å². The van der Waals surface area contributed by atoms with E-state index in [0.29, 0.717) is 17.2 Å². The maximum atomic E-state index is 12.2. The first-order valence-electron chi connectivity index (χ1n) is 8.48. The molecule has 0 radical (unpaired) electrons. The predicted molar refractivity (Wildman–Crippen MR) is 108 cm³/mol. The van der Waals surface area contributed by atoms with Crippen LogP contribution in [0.5, 0.6) is 5.75 Å². The van der Waals surface area contributed by atoms with Crippen LogP contribution in [0.1, 0.15) is 11.7 Å². The summed E-state index contributed by atoms with van der Waals surface area (Å²) in [6.07, 6.45) is -0.620. The van der Waals surface area contributed by atoms with Crippen LogP contribution < -0.4 is 10.1 Å². The highest BCUT2D eigenvalue weighted by molar-refractivity contribution is 7.99. The molecule has 27 heavy (non-hydrogen) atoms. The summed E-state index contributed by atoms with van der Waals surface area (Å²) in [5.41, 5.74) is 1.43. The van der Waals surface area contributed by atoms with Crippen molar-refractivity contribution in [2.45, 2.75) is 6.10 Å². The summed E-state index contributed by atoms with van der Waals surface area (Å²) in [6.45, 7) is -0.0438. The van der Waals surface area contributed by atoms with E-state index in [1.165, 1.54) is 16.7 Å². The van der Waals surface area contributed by atoms with Crippen LogP contribution in [0.2, 0.25) is 0 Å². The lowest BCUT2D eigenvalue weighted by molar-refractivity contribution is -0.131. The van der Waals surface area contributed by atoms with Gasteiger partial charge in [0.1, 0.15) is 5.75 Å². The van der Waals surface area contributed by atoms with Crippen LogP contribution in [0.3, 0.4) is 0 Å². The summed E-state index contributed by atoms with van der Waals surface area (Å²) in [5.74, 6) is 0.812. The van der Waals surface area contributed by atoms with Crippen LogP contribution in [-0.2, 0) is 9.59 Å². The summed E-state index contributed by atoms with van der Waals surface area (Å²) >= 11 is 1.34. The third kappa shape index (κ3) is 6.96. The van der Waals surface area contributed by atoms with Crippen LogP contribution in [-0.4, -0.2) is 54.0 Å². The molecule has 0 fully saturated rings. The minimum absolute atomic E-state index is 0.0438. The van der Waals surface area contributed by atoms with Crippen molar-refractivity contribution in [1.29, 1.82) is 0 Å². The first kappa shape index (κ1) is 20.8. The van der Waals surface area contributed by atoms with Gasteiger partial charge in [0, 0.05) is 24.6 Å². The van der Waals surface area contributed by atoms with Gasteiger partial charge in [-0.25, -0.2) is 0 Å². The lowest BCUT2D eigenvalue weighted by Crippen LogP contribution is -2.36. The molecule has 1 atom stereocenters. The smallest absolute Gasteiger partial charge is 0.243 e. The monoisotopic (exact) mass is 388 g/mol. The van der Waals surface area contributed by atoms with E-state index in [2.05, 4.69) is 5.32 Å². The van der Waals surface area contributed by atoms with Crippen molar-refractivity contribution in [3.8, 4) is 5.75 Å². The van der Waals surface area contributed by atoms with Crippen molar-refractivity contribution >= 4 is 29.3 Å². The van der Waals surface area contributed by atoms with Crippen molar-refractivity contribution in [1.82, 2.24) is 4.90 Å². The molecule has 6 nitrogen and oxygen atoms in total. The molecule has 0 aromatic heterocycles. The Morgan fingerprint density at radius 3 is 2.63 bits per heavy atom. The second-order valence-electron chi connectivity index (χ2n) is 5.97. The number of anilines is 1. The zero-order chi connectivity index (χ0) is 19.6. The Hall–Kier alpha value is -2.51. The van der Waals surface area contributed by atoms with E-state index in [1.807, 2.05) is 30.3 Å². The second kappa shape index (κ2) is 10.6. The number of nitrogens with zero attached hydrogens (tertiary/aromatic N) is 1. The molecule has 2 aromatic carbocycles. The first-order valence-corrected chi connectivity index (χ1v) is 9.63. The molecular weight excluding hydrogens is 364 g/mol. The lowest BCUT2D eigenvalue weighted by Gasteiger charge is -2.17. The minimum atomic E-state index is -0.620. The molecule has 0 aliphatic carbocycles. The highest BCUT2D eigenvalue weighted by Gasteiger charge is 2.15. The van der Waals surface area contributed by atoms with Crippen molar-refractivity contribution in [2.24, 2.45) is 0 Å². The van der Waals surface area contributed by atoms with Gasteiger partial charge in [0.2, 0.25) is 11.8 Å². The number of nitrogens with one attached hydrogen (secondary N) is 1. The molecule has 2 N–H and O–H groups in total. The molecule has 0 saturated carbocycles. The molecule has 0 spiro atoms. The summed E-state index contributed by atoms with van der Waals surface area (Å²) in [7, 11) is 3.14. The summed E-state index contributed by atoms with van der Waals surface area (Å²) < 4.78 is 5.11. The molecule has 0 saturated heterocycles. The molecule has 0 aliphatic rings. The molecule has 2 aromatic rings. The quantitative estimate of drug-likeness (QED) is 0.690. The number of thioether (sulfide) groups is 1. The van der Waals surface area contributed by atoms with Crippen LogP contribution >= 0.6 is 11.8 Å². The Bertz CT molecular complexity index is 755. The number of ether oxygens (including phenoxy) is 1. The molecule has 1 unspecified atom stereocenters. The molecule has 0 bridgehead atoms.